The average Bonchev–Trinajstić information content (AvgIpc) is 2.24. The summed E-state index contributed by atoms with van der Waals surface area (Å²) in [7, 11) is 0. The third kappa shape index (κ3) is 3.52. The third-order valence-electron chi connectivity index (χ3n) is 2.50. The summed E-state index contributed by atoms with van der Waals surface area (Å²) in [5.74, 6) is 7.75. The Morgan fingerprint density at radius 1 is 1.40 bits per heavy atom. The van der Waals surface area contributed by atoms with Gasteiger partial charge < -0.3 is 0 Å². The Hall–Kier alpha value is -0.510. The molecule has 84 valence electrons. The van der Waals surface area contributed by atoms with Crippen molar-refractivity contribution in [3.05, 3.63) is 34.9 Å². The van der Waals surface area contributed by atoms with E-state index in [9.17, 15) is 0 Å². The molecule has 3 heteroatoms. The summed E-state index contributed by atoms with van der Waals surface area (Å²) >= 11 is 1.91. The lowest BCUT2D eigenvalue weighted by Crippen LogP contribution is -2.30. The fourth-order valence-corrected chi connectivity index (χ4v) is 2.35. The quantitative estimate of drug-likeness (QED) is 0.596. The van der Waals surface area contributed by atoms with Crippen LogP contribution < -0.4 is 11.3 Å². The number of hydrogen-bond donors (Lipinski definition) is 2. The number of nitrogens with one attached hydrogen (secondary N) is 1. The first-order chi connectivity index (χ1) is 7.19. The predicted molar refractivity (Wildman–Crippen MR) is 69.0 cm³/mol. The van der Waals surface area contributed by atoms with Gasteiger partial charge in [0.2, 0.25) is 0 Å². The normalized spacial score (nSPS) is 12.8. The first-order valence-corrected chi connectivity index (χ1v) is 6.45. The molecule has 0 fully saturated rings. The average molecular weight is 224 g/mol. The number of nitrogens with two attached hydrogens (primary N) is 1. The number of thioether (sulfide) groups is 1. The van der Waals surface area contributed by atoms with Gasteiger partial charge in [0.25, 0.3) is 0 Å². The molecule has 1 rings (SSSR count). The summed E-state index contributed by atoms with van der Waals surface area (Å²) in [5.41, 5.74) is 6.81. The monoisotopic (exact) mass is 224 g/mol. The SMILES string of the molecule is CCSCC(NN)c1cc(C)ccc1C. The van der Waals surface area contributed by atoms with Gasteiger partial charge in [-0.25, -0.2) is 0 Å². The van der Waals surface area contributed by atoms with E-state index in [0.717, 1.165) is 11.5 Å². The molecular formula is C12H20N2S. The Bertz CT molecular complexity index is 312. The maximum Gasteiger partial charge on any atom is 0.0553 e. The molecule has 2 nitrogen and oxygen atoms in total. The number of aryl methyl sites for hydroxylation is 2. The van der Waals surface area contributed by atoms with Crippen LogP contribution in [0.15, 0.2) is 18.2 Å². The molecule has 0 radical (unpaired) electrons. The van der Waals surface area contributed by atoms with E-state index in [-0.39, 0.29) is 6.04 Å². The molecular weight excluding hydrogens is 204 g/mol. The van der Waals surface area contributed by atoms with E-state index in [4.69, 9.17) is 5.84 Å². The Morgan fingerprint density at radius 2 is 2.13 bits per heavy atom. The fraction of sp³-hybridized carbons (Fsp3) is 0.500. The standard InChI is InChI=1S/C12H20N2S/c1-4-15-8-12(14-13)11-7-9(2)5-6-10(11)3/h5-7,12,14H,4,8,13H2,1-3H3. The molecule has 1 atom stereocenters. The van der Waals surface area contributed by atoms with Crippen molar-refractivity contribution in [2.24, 2.45) is 5.84 Å². The zero-order chi connectivity index (χ0) is 11.3. The number of rotatable bonds is 5. The summed E-state index contributed by atoms with van der Waals surface area (Å²) in [6, 6.07) is 6.77. The van der Waals surface area contributed by atoms with E-state index >= 15 is 0 Å². The first-order valence-electron chi connectivity index (χ1n) is 5.30. The predicted octanol–water partition coefficient (Wildman–Crippen LogP) is 2.56. The molecule has 0 saturated heterocycles. The largest absolute Gasteiger partial charge is 0.271 e. The van der Waals surface area contributed by atoms with Gasteiger partial charge in [-0.15, -0.1) is 0 Å². The van der Waals surface area contributed by atoms with Crippen molar-refractivity contribution in [2.75, 3.05) is 11.5 Å². The second kappa shape index (κ2) is 6.16. The molecule has 15 heavy (non-hydrogen) atoms. The number of hydrogen-bond acceptors (Lipinski definition) is 3. The van der Waals surface area contributed by atoms with Crippen LogP contribution in [0.3, 0.4) is 0 Å². The van der Waals surface area contributed by atoms with Crippen LogP contribution in [0.4, 0.5) is 0 Å². The Labute approximate surface area is 96.6 Å². The van der Waals surface area contributed by atoms with Crippen LogP contribution in [0.1, 0.15) is 29.7 Å². The number of benzene rings is 1. The van der Waals surface area contributed by atoms with Gasteiger partial charge in [0.15, 0.2) is 0 Å². The lowest BCUT2D eigenvalue weighted by Gasteiger charge is -2.18. The van der Waals surface area contributed by atoms with E-state index in [1.54, 1.807) is 0 Å². The molecule has 0 aliphatic carbocycles. The topological polar surface area (TPSA) is 38.0 Å². The van der Waals surface area contributed by atoms with Gasteiger partial charge in [-0.2, -0.15) is 11.8 Å². The van der Waals surface area contributed by atoms with E-state index < -0.39 is 0 Å². The van der Waals surface area contributed by atoms with Crippen molar-refractivity contribution < 1.29 is 0 Å². The molecule has 0 aromatic heterocycles. The van der Waals surface area contributed by atoms with Crippen LogP contribution in [0.5, 0.6) is 0 Å². The summed E-state index contributed by atoms with van der Waals surface area (Å²) in [4.78, 5) is 0. The molecule has 3 N–H and O–H groups in total. The molecule has 1 aromatic carbocycles. The van der Waals surface area contributed by atoms with Crippen molar-refractivity contribution in [3.8, 4) is 0 Å². The van der Waals surface area contributed by atoms with Crippen LogP contribution in [-0.2, 0) is 0 Å². The molecule has 1 aromatic rings. The van der Waals surface area contributed by atoms with Crippen molar-refractivity contribution in [3.63, 3.8) is 0 Å². The maximum atomic E-state index is 5.60. The summed E-state index contributed by atoms with van der Waals surface area (Å²) in [6.45, 7) is 6.42. The maximum absolute atomic E-state index is 5.60. The van der Waals surface area contributed by atoms with Crippen molar-refractivity contribution in [1.82, 2.24) is 5.43 Å². The van der Waals surface area contributed by atoms with Gasteiger partial charge >= 0.3 is 0 Å². The molecule has 0 spiro atoms. The van der Waals surface area contributed by atoms with Gasteiger partial charge in [-0.3, -0.25) is 11.3 Å². The minimum absolute atomic E-state index is 0.259. The lowest BCUT2D eigenvalue weighted by atomic mass is 10.0. The zero-order valence-electron chi connectivity index (χ0n) is 9.71. The molecule has 0 amide bonds. The minimum Gasteiger partial charge on any atom is -0.271 e. The van der Waals surface area contributed by atoms with E-state index in [1.807, 2.05) is 11.8 Å². The Kier molecular flexibility index (Phi) is 5.15. The van der Waals surface area contributed by atoms with Gasteiger partial charge in [0.05, 0.1) is 6.04 Å². The minimum atomic E-state index is 0.259. The fourth-order valence-electron chi connectivity index (χ4n) is 1.60. The Balaban J connectivity index is 2.85. The first kappa shape index (κ1) is 12.6. The van der Waals surface area contributed by atoms with Crippen molar-refractivity contribution in [1.29, 1.82) is 0 Å². The smallest absolute Gasteiger partial charge is 0.0553 e. The summed E-state index contributed by atoms with van der Waals surface area (Å²) < 4.78 is 0. The van der Waals surface area contributed by atoms with Crippen molar-refractivity contribution in [2.45, 2.75) is 26.8 Å². The van der Waals surface area contributed by atoms with Crippen LogP contribution in [0, 0.1) is 13.8 Å². The molecule has 0 aliphatic heterocycles. The summed E-state index contributed by atoms with van der Waals surface area (Å²) in [6.07, 6.45) is 0. The molecule has 0 bridgehead atoms. The van der Waals surface area contributed by atoms with Crippen LogP contribution in [0.25, 0.3) is 0 Å². The van der Waals surface area contributed by atoms with Gasteiger partial charge in [-0.05, 0) is 30.7 Å². The second-order valence-electron chi connectivity index (χ2n) is 3.74. The van der Waals surface area contributed by atoms with Crippen LogP contribution >= 0.6 is 11.8 Å². The molecule has 0 heterocycles. The zero-order valence-corrected chi connectivity index (χ0v) is 10.5. The third-order valence-corrected chi connectivity index (χ3v) is 3.48. The van der Waals surface area contributed by atoms with Crippen LogP contribution in [-0.4, -0.2) is 11.5 Å². The van der Waals surface area contributed by atoms with E-state index in [2.05, 4.69) is 44.4 Å². The second-order valence-corrected chi connectivity index (χ2v) is 5.06. The van der Waals surface area contributed by atoms with Gasteiger partial charge in [0.1, 0.15) is 0 Å². The number of hydrazine groups is 1. The highest BCUT2D eigenvalue weighted by Crippen LogP contribution is 2.22. The highest BCUT2D eigenvalue weighted by Gasteiger charge is 2.11. The summed E-state index contributed by atoms with van der Waals surface area (Å²) in [5, 5.41) is 0. The van der Waals surface area contributed by atoms with Crippen molar-refractivity contribution >= 4 is 11.8 Å². The van der Waals surface area contributed by atoms with Crippen LogP contribution in [0.2, 0.25) is 0 Å². The molecule has 0 aliphatic rings. The lowest BCUT2D eigenvalue weighted by molar-refractivity contribution is 0.607. The highest BCUT2D eigenvalue weighted by molar-refractivity contribution is 7.99. The highest BCUT2D eigenvalue weighted by atomic mass is 32.2. The Morgan fingerprint density at radius 3 is 2.73 bits per heavy atom. The molecule has 0 saturated carbocycles. The van der Waals surface area contributed by atoms with E-state index in [0.29, 0.717) is 0 Å². The van der Waals surface area contributed by atoms with Gasteiger partial charge in [-0.1, -0.05) is 30.7 Å². The van der Waals surface area contributed by atoms with Gasteiger partial charge in [0, 0.05) is 5.75 Å². The van der Waals surface area contributed by atoms with E-state index in [1.165, 1.54) is 16.7 Å². The molecule has 1 unspecified atom stereocenters.